The van der Waals surface area contributed by atoms with E-state index < -0.39 is 21.8 Å². The van der Waals surface area contributed by atoms with Gasteiger partial charge in [-0.25, -0.2) is 8.42 Å². The Morgan fingerprint density at radius 3 is 2.43 bits per heavy atom. The Hall–Kier alpha value is 0.630. The minimum atomic E-state index is -3.68. The molecule has 0 aliphatic heterocycles. The van der Waals surface area contributed by atoms with Gasteiger partial charge in [0.05, 0.1) is 13.4 Å². The van der Waals surface area contributed by atoms with Gasteiger partial charge in [0.1, 0.15) is 5.75 Å². The van der Waals surface area contributed by atoms with Gasteiger partial charge in [-0.3, -0.25) is 0 Å². The molecule has 1 aromatic rings. The molecular weight excluding hydrogens is 635 g/mol. The molecule has 1 rings (SSSR count). The molecule has 0 heterocycles. The fraction of sp³-hybridized carbons (Fsp3) is 0.417. The van der Waals surface area contributed by atoms with Crippen molar-refractivity contribution in [1.29, 1.82) is 0 Å². The number of hydrogen-bond donors (Lipinski definition) is 1. The highest BCUT2D eigenvalue weighted by Crippen LogP contribution is 2.34. The molecule has 0 aliphatic carbocycles. The first-order valence-electron chi connectivity index (χ1n) is 5.89. The van der Waals surface area contributed by atoms with Crippen LogP contribution in [0.5, 0.6) is 5.75 Å². The lowest BCUT2D eigenvalue weighted by atomic mass is 9.97. The lowest BCUT2D eigenvalue weighted by Gasteiger charge is -2.23. The number of nitrogens with zero attached hydrogens (tertiary/aromatic N) is 1. The van der Waals surface area contributed by atoms with E-state index in [-0.39, 0.29) is 5.75 Å². The Morgan fingerprint density at radius 1 is 1.38 bits per heavy atom. The monoisotopic (exact) mass is 648 g/mol. The fourth-order valence-electron chi connectivity index (χ4n) is 1.70. The fourth-order valence-corrected chi connectivity index (χ4v) is 5.98. The molecule has 1 aromatic carbocycles. The maximum Gasteiger partial charge on any atom is 0.249 e. The molecule has 0 radical (unpaired) electrons. The highest BCUT2D eigenvalue weighted by molar-refractivity contribution is 14.1. The summed E-state index contributed by atoms with van der Waals surface area (Å²) >= 11 is 6.23. The zero-order valence-electron chi connectivity index (χ0n) is 11.2. The molecule has 21 heavy (non-hydrogen) atoms. The molecule has 5 nitrogen and oxygen atoms in total. The third kappa shape index (κ3) is 5.64. The van der Waals surface area contributed by atoms with Crippen molar-refractivity contribution < 1.29 is 18.6 Å². The van der Waals surface area contributed by atoms with Crippen LogP contribution in [0.2, 0.25) is 0 Å². The van der Waals surface area contributed by atoms with Gasteiger partial charge in [-0.2, -0.15) is 4.40 Å². The van der Waals surface area contributed by atoms with E-state index in [1.165, 1.54) is 0 Å². The van der Waals surface area contributed by atoms with E-state index >= 15 is 0 Å². The Kier molecular flexibility index (Phi) is 7.44. The summed E-state index contributed by atoms with van der Waals surface area (Å²) in [5, 5.41) is 22.0. The van der Waals surface area contributed by atoms with Crippen molar-refractivity contribution in [3.63, 3.8) is 0 Å². The summed E-state index contributed by atoms with van der Waals surface area (Å²) in [5.41, 5.74) is 0.845. The van der Waals surface area contributed by atoms with Gasteiger partial charge in [-0.1, -0.05) is 6.92 Å². The molecule has 0 saturated carbocycles. The van der Waals surface area contributed by atoms with Gasteiger partial charge in [-0.15, -0.1) is 0 Å². The van der Waals surface area contributed by atoms with Gasteiger partial charge in [0.25, 0.3) is 0 Å². The average molecular weight is 648 g/mol. The molecular formula is C12H13I3NO4S-. The largest absolute Gasteiger partial charge is 0.861 e. The van der Waals surface area contributed by atoms with Crippen LogP contribution in [-0.4, -0.2) is 25.7 Å². The number of halogens is 3. The van der Waals surface area contributed by atoms with Crippen molar-refractivity contribution >= 4 is 83.7 Å². The van der Waals surface area contributed by atoms with E-state index in [0.29, 0.717) is 16.4 Å². The van der Waals surface area contributed by atoms with Gasteiger partial charge in [0, 0.05) is 3.57 Å². The molecule has 0 fully saturated rings. The third-order valence-corrected chi connectivity index (χ3v) is 6.25. The van der Waals surface area contributed by atoms with Crippen molar-refractivity contribution in [3.8, 4) is 5.75 Å². The van der Waals surface area contributed by atoms with Crippen molar-refractivity contribution in [2.75, 3.05) is 6.26 Å². The number of sulfonamides is 1. The van der Waals surface area contributed by atoms with Crippen LogP contribution < -0.4 is 5.11 Å². The van der Waals surface area contributed by atoms with Crippen LogP contribution in [-0.2, 0) is 16.4 Å². The highest BCUT2D eigenvalue weighted by Gasteiger charge is 2.18. The first-order chi connectivity index (χ1) is 9.56. The second kappa shape index (κ2) is 7.95. The first kappa shape index (κ1) is 19.7. The molecule has 1 N–H and O–H groups in total. The van der Waals surface area contributed by atoms with Crippen molar-refractivity contribution in [1.82, 2.24) is 0 Å². The zero-order valence-corrected chi connectivity index (χ0v) is 18.5. The smallest absolute Gasteiger partial charge is 0.249 e. The molecule has 0 aliphatic rings. The molecule has 1 atom stereocenters. The van der Waals surface area contributed by atoms with E-state index in [1.54, 1.807) is 0 Å². The molecule has 9 heteroatoms. The van der Waals surface area contributed by atoms with Gasteiger partial charge < -0.3 is 10.2 Å². The van der Waals surface area contributed by atoms with Gasteiger partial charge in [0.2, 0.25) is 10.0 Å². The highest BCUT2D eigenvalue weighted by atomic mass is 127. The number of hydrogen-bond acceptors (Lipinski definition) is 4. The summed E-state index contributed by atoms with van der Waals surface area (Å²) in [6.07, 6.45) is 1.74. The number of rotatable bonds is 5. The second-order valence-corrected chi connectivity index (χ2v) is 9.50. The minimum Gasteiger partial charge on any atom is -0.861 e. The quantitative estimate of drug-likeness (QED) is 0.302. The lowest BCUT2D eigenvalue weighted by molar-refractivity contribution is -0.223. The summed E-state index contributed by atoms with van der Waals surface area (Å²) in [7, 11) is -3.68. The predicted octanol–water partition coefficient (Wildman–Crippen LogP) is 2.49. The molecule has 0 saturated heterocycles. The van der Waals surface area contributed by atoms with Crippen LogP contribution in [0.4, 0.5) is 0 Å². The number of benzene rings is 1. The van der Waals surface area contributed by atoms with Crippen LogP contribution >= 0.6 is 67.8 Å². The zero-order chi connectivity index (χ0) is 16.4. The molecule has 1 unspecified atom stereocenters. The van der Waals surface area contributed by atoms with E-state index in [2.05, 4.69) is 27.0 Å². The normalized spacial score (nSPS) is 14.2. The van der Waals surface area contributed by atoms with Crippen molar-refractivity contribution in [2.24, 2.45) is 10.3 Å². The summed E-state index contributed by atoms with van der Waals surface area (Å²) in [6, 6.07) is 1.83. The van der Waals surface area contributed by atoms with Crippen molar-refractivity contribution in [3.05, 3.63) is 22.3 Å². The topological polar surface area (TPSA) is 89.8 Å². The van der Waals surface area contributed by atoms with Crippen LogP contribution in [0.3, 0.4) is 0 Å². The van der Waals surface area contributed by atoms with E-state index in [1.807, 2.05) is 58.2 Å². The van der Waals surface area contributed by atoms with E-state index in [4.69, 9.17) is 0 Å². The summed E-state index contributed by atoms with van der Waals surface area (Å²) in [4.78, 5) is 0. The van der Waals surface area contributed by atoms with E-state index in [9.17, 15) is 18.6 Å². The predicted molar refractivity (Wildman–Crippen MR) is 106 cm³/mol. The van der Waals surface area contributed by atoms with Gasteiger partial charge in [0.15, 0.2) is 0 Å². The molecule has 0 spiro atoms. The van der Waals surface area contributed by atoms with Crippen LogP contribution in [0.1, 0.15) is 18.9 Å². The van der Waals surface area contributed by atoms with Gasteiger partial charge in [-0.05, 0) is 104 Å². The molecule has 0 amide bonds. The Morgan fingerprint density at radius 2 is 1.95 bits per heavy atom. The standard InChI is InChI=1S/C12H14I3NO4S/c1-3-6(12(18)16-21(2,19)20)4-7-8(13)5-9(14)11(17)10(7)15/h5-6,17H,3-4H2,1-2H3,(H,16,18)/p-1. The average Bonchev–Trinajstić information content (AvgIpc) is 2.34. The summed E-state index contributed by atoms with van der Waals surface area (Å²) < 4.78 is 27.8. The second-order valence-electron chi connectivity index (χ2n) is 4.45. The van der Waals surface area contributed by atoms with Crippen molar-refractivity contribution in [2.45, 2.75) is 19.8 Å². The summed E-state index contributed by atoms with van der Waals surface area (Å²) in [6.45, 7) is 1.81. The third-order valence-electron chi connectivity index (χ3n) is 2.79. The Balaban J connectivity index is 3.20. The maximum absolute atomic E-state index is 12.0. The Labute approximate surface area is 165 Å². The van der Waals surface area contributed by atoms with Gasteiger partial charge >= 0.3 is 0 Å². The first-order valence-corrected chi connectivity index (χ1v) is 11.0. The number of aromatic hydroxyl groups is 1. The maximum atomic E-state index is 12.0. The number of phenols is 1. The lowest BCUT2D eigenvalue weighted by Crippen LogP contribution is -2.30. The Bertz CT molecular complexity index is 674. The SMILES string of the molecule is CCC(Cc1c(I)cc(I)c(O)c1I)/C([O-])=N/S(C)(=O)=O. The van der Waals surface area contributed by atoms with Crippen LogP contribution in [0.15, 0.2) is 10.5 Å². The van der Waals surface area contributed by atoms with E-state index in [0.717, 1.165) is 19.0 Å². The molecule has 118 valence electrons. The number of phenolic OH excluding ortho intramolecular Hbond substituents is 1. The minimum absolute atomic E-state index is 0.189. The summed E-state index contributed by atoms with van der Waals surface area (Å²) in [5.74, 6) is -0.958. The van der Waals surface area contributed by atoms with Crippen LogP contribution in [0, 0.1) is 16.6 Å². The van der Waals surface area contributed by atoms with Crippen LogP contribution in [0.25, 0.3) is 0 Å². The molecule has 0 bridgehead atoms. The molecule has 0 aromatic heterocycles.